The molecule has 0 bridgehead atoms. The first-order valence-electron chi connectivity index (χ1n) is 9.02. The van der Waals surface area contributed by atoms with E-state index in [0.29, 0.717) is 21.8 Å². The second-order valence-corrected chi connectivity index (χ2v) is 7.46. The quantitative estimate of drug-likeness (QED) is 0.375. The molecule has 0 heterocycles. The third kappa shape index (κ3) is 6.06. The molecule has 0 aliphatic rings. The summed E-state index contributed by atoms with van der Waals surface area (Å²) < 4.78 is 38.4. The fraction of sp³-hybridized carbons (Fsp3) is 0.136. The van der Waals surface area contributed by atoms with E-state index in [1.165, 1.54) is 0 Å². The van der Waals surface area contributed by atoms with Crippen molar-refractivity contribution in [1.82, 2.24) is 0 Å². The highest BCUT2D eigenvalue weighted by molar-refractivity contribution is 6.42. The molecule has 0 amide bonds. The number of rotatable bonds is 6. The van der Waals surface area contributed by atoms with Crippen LogP contribution < -0.4 is 0 Å². The fourth-order valence-corrected chi connectivity index (χ4v) is 3.12. The average Bonchev–Trinajstić information content (AvgIpc) is 2.73. The molecule has 0 aliphatic carbocycles. The number of aromatic carboxylic acids is 1. The Bertz CT molecular complexity index is 1130. The molecule has 3 aromatic rings. The summed E-state index contributed by atoms with van der Waals surface area (Å²) in [6.07, 6.45) is -3.14. The maximum atomic E-state index is 12.8. The Hall–Kier alpha value is -2.90. The van der Waals surface area contributed by atoms with Crippen LogP contribution in [-0.2, 0) is 19.0 Å². The van der Waals surface area contributed by atoms with Gasteiger partial charge in [-0.2, -0.15) is 18.3 Å². The zero-order chi connectivity index (χ0) is 22.6. The molecule has 0 saturated heterocycles. The molecule has 9 heteroatoms. The van der Waals surface area contributed by atoms with Crippen molar-refractivity contribution in [2.45, 2.75) is 19.0 Å². The van der Waals surface area contributed by atoms with E-state index in [0.717, 1.165) is 36.1 Å². The van der Waals surface area contributed by atoms with Gasteiger partial charge in [0.05, 0.1) is 26.9 Å². The maximum absolute atomic E-state index is 12.8. The number of carbonyl (C=O) groups is 1. The van der Waals surface area contributed by atoms with E-state index in [9.17, 15) is 23.1 Å². The fourth-order valence-electron chi connectivity index (χ4n) is 2.80. The molecule has 0 spiro atoms. The Morgan fingerprint density at radius 1 is 0.839 bits per heavy atom. The molecule has 0 aromatic heterocycles. The van der Waals surface area contributed by atoms with Gasteiger partial charge in [0.2, 0.25) is 0 Å². The van der Waals surface area contributed by atoms with E-state index in [1.54, 1.807) is 18.2 Å². The molecule has 0 radical (unpaired) electrons. The van der Waals surface area contributed by atoms with Gasteiger partial charge in [0.15, 0.2) is 0 Å². The van der Waals surface area contributed by atoms with E-state index in [4.69, 9.17) is 23.2 Å². The molecule has 31 heavy (non-hydrogen) atoms. The average molecular weight is 467 g/mol. The lowest BCUT2D eigenvalue weighted by atomic mass is 10.0. The number of hydrogen-bond acceptors (Lipinski definition) is 3. The SMILES string of the molecule is O=C(O)c1cc(C(F)(F)F)ccc1N=Nc1ccc(CCc2ccc(Cl)c(Cl)c2)cc1. The van der Waals surface area contributed by atoms with Crippen LogP contribution in [0.4, 0.5) is 24.5 Å². The standard InChI is InChI=1S/C22H15Cl2F3N2O2/c23-18-9-5-14(11-19(18)24)2-1-13-3-7-16(8-4-13)28-29-20-10-6-15(22(25,26)27)12-17(20)21(30)31/h3-12H,1-2H2,(H,30,31). The number of nitrogens with zero attached hydrogens (tertiary/aromatic N) is 2. The molecule has 3 aromatic carbocycles. The summed E-state index contributed by atoms with van der Waals surface area (Å²) in [5, 5.41) is 17.9. The van der Waals surface area contributed by atoms with E-state index < -0.39 is 23.3 Å². The summed E-state index contributed by atoms with van der Waals surface area (Å²) in [4.78, 5) is 11.3. The van der Waals surface area contributed by atoms with Crippen molar-refractivity contribution in [2.24, 2.45) is 10.2 Å². The number of carboxylic acid groups (broad SMARTS) is 1. The van der Waals surface area contributed by atoms with Crippen molar-refractivity contribution in [2.75, 3.05) is 0 Å². The van der Waals surface area contributed by atoms with Gasteiger partial charge in [-0.05, 0) is 66.4 Å². The van der Waals surface area contributed by atoms with Crippen molar-refractivity contribution < 1.29 is 23.1 Å². The van der Waals surface area contributed by atoms with Crippen molar-refractivity contribution in [3.63, 3.8) is 0 Å². The highest BCUT2D eigenvalue weighted by Crippen LogP contribution is 2.33. The van der Waals surface area contributed by atoms with Crippen LogP contribution in [0.5, 0.6) is 0 Å². The van der Waals surface area contributed by atoms with Gasteiger partial charge in [-0.1, -0.05) is 41.4 Å². The Kier molecular flexibility index (Phi) is 6.97. The summed E-state index contributed by atoms with van der Waals surface area (Å²) in [5.41, 5.74) is 0.721. The number of azo groups is 1. The third-order valence-electron chi connectivity index (χ3n) is 4.45. The van der Waals surface area contributed by atoms with Gasteiger partial charge in [-0.25, -0.2) is 4.79 Å². The molecule has 0 aliphatic heterocycles. The molecular formula is C22H15Cl2F3N2O2. The van der Waals surface area contributed by atoms with E-state index in [1.807, 2.05) is 24.3 Å². The Morgan fingerprint density at radius 3 is 2.10 bits per heavy atom. The lowest BCUT2D eigenvalue weighted by Crippen LogP contribution is -2.07. The minimum Gasteiger partial charge on any atom is -0.478 e. The zero-order valence-corrected chi connectivity index (χ0v) is 17.3. The molecule has 0 unspecified atom stereocenters. The summed E-state index contributed by atoms with van der Waals surface area (Å²) in [6, 6.07) is 14.8. The van der Waals surface area contributed by atoms with Crippen LogP contribution in [0, 0.1) is 0 Å². The van der Waals surface area contributed by atoms with Crippen LogP contribution >= 0.6 is 23.2 Å². The number of aryl methyl sites for hydroxylation is 2. The van der Waals surface area contributed by atoms with Crippen LogP contribution in [0.1, 0.15) is 27.0 Å². The second kappa shape index (κ2) is 9.49. The topological polar surface area (TPSA) is 62.0 Å². The van der Waals surface area contributed by atoms with Gasteiger partial charge in [0.1, 0.15) is 5.69 Å². The lowest BCUT2D eigenvalue weighted by Gasteiger charge is -2.08. The van der Waals surface area contributed by atoms with Gasteiger partial charge >= 0.3 is 12.1 Å². The summed E-state index contributed by atoms with van der Waals surface area (Å²) in [7, 11) is 0. The van der Waals surface area contributed by atoms with Gasteiger partial charge in [-0.3, -0.25) is 0 Å². The Morgan fingerprint density at radius 2 is 1.48 bits per heavy atom. The third-order valence-corrected chi connectivity index (χ3v) is 5.19. The van der Waals surface area contributed by atoms with Crippen molar-refractivity contribution >= 4 is 40.5 Å². The van der Waals surface area contributed by atoms with E-state index >= 15 is 0 Å². The summed E-state index contributed by atoms with van der Waals surface area (Å²) in [6.45, 7) is 0. The van der Waals surface area contributed by atoms with Crippen molar-refractivity contribution in [3.8, 4) is 0 Å². The number of halogens is 5. The van der Waals surface area contributed by atoms with Crippen LogP contribution in [0.2, 0.25) is 10.0 Å². The summed E-state index contributed by atoms with van der Waals surface area (Å²) >= 11 is 11.9. The molecule has 1 N–H and O–H groups in total. The lowest BCUT2D eigenvalue weighted by molar-refractivity contribution is -0.137. The second-order valence-electron chi connectivity index (χ2n) is 6.65. The minimum atomic E-state index is -4.65. The normalized spacial score (nSPS) is 11.8. The van der Waals surface area contributed by atoms with Crippen molar-refractivity contribution in [3.05, 3.63) is 93.0 Å². The van der Waals surface area contributed by atoms with Crippen LogP contribution in [-0.4, -0.2) is 11.1 Å². The molecule has 0 saturated carbocycles. The van der Waals surface area contributed by atoms with E-state index in [-0.39, 0.29) is 5.69 Å². The molecular weight excluding hydrogens is 452 g/mol. The van der Waals surface area contributed by atoms with Crippen molar-refractivity contribution in [1.29, 1.82) is 0 Å². The van der Waals surface area contributed by atoms with Crippen LogP contribution in [0.15, 0.2) is 70.9 Å². The zero-order valence-electron chi connectivity index (χ0n) is 15.8. The first-order chi connectivity index (χ1) is 14.6. The number of benzene rings is 3. The van der Waals surface area contributed by atoms with E-state index in [2.05, 4.69) is 10.2 Å². The monoisotopic (exact) mass is 466 g/mol. The first-order valence-corrected chi connectivity index (χ1v) is 9.78. The highest BCUT2D eigenvalue weighted by Gasteiger charge is 2.31. The smallest absolute Gasteiger partial charge is 0.416 e. The Balaban J connectivity index is 1.70. The van der Waals surface area contributed by atoms with Gasteiger partial charge in [0, 0.05) is 0 Å². The first kappa shape index (κ1) is 22.8. The van der Waals surface area contributed by atoms with Crippen LogP contribution in [0.25, 0.3) is 0 Å². The van der Waals surface area contributed by atoms with Gasteiger partial charge in [0.25, 0.3) is 0 Å². The molecule has 4 nitrogen and oxygen atoms in total. The van der Waals surface area contributed by atoms with Crippen LogP contribution in [0.3, 0.4) is 0 Å². The molecule has 0 fully saturated rings. The van der Waals surface area contributed by atoms with Gasteiger partial charge in [-0.15, -0.1) is 5.11 Å². The maximum Gasteiger partial charge on any atom is 0.416 e. The molecule has 3 rings (SSSR count). The number of hydrogen-bond donors (Lipinski definition) is 1. The largest absolute Gasteiger partial charge is 0.478 e. The predicted octanol–water partition coefficient (Wildman–Crippen LogP) is 7.91. The predicted molar refractivity (Wildman–Crippen MR) is 113 cm³/mol. The molecule has 0 atom stereocenters. The number of carboxylic acids is 1. The summed E-state index contributed by atoms with van der Waals surface area (Å²) in [5.74, 6) is -1.52. The minimum absolute atomic E-state index is 0.163. The Labute approximate surface area is 186 Å². The number of alkyl halides is 3. The highest BCUT2D eigenvalue weighted by atomic mass is 35.5. The van der Waals surface area contributed by atoms with Gasteiger partial charge < -0.3 is 5.11 Å². The molecule has 160 valence electrons.